The van der Waals surface area contributed by atoms with Gasteiger partial charge in [0.15, 0.2) is 21.3 Å². The third kappa shape index (κ3) is 3.72. The largest absolute Gasteiger partial charge is 0.504 e. The van der Waals surface area contributed by atoms with Crippen molar-refractivity contribution in [1.82, 2.24) is 0 Å². The van der Waals surface area contributed by atoms with E-state index in [0.717, 1.165) is 6.07 Å². The summed E-state index contributed by atoms with van der Waals surface area (Å²) in [6.45, 7) is 4.71. The Bertz CT molecular complexity index is 858. The van der Waals surface area contributed by atoms with Gasteiger partial charge in [0.05, 0.1) is 15.9 Å². The van der Waals surface area contributed by atoms with Crippen molar-refractivity contribution >= 4 is 37.4 Å². The van der Waals surface area contributed by atoms with Crippen LogP contribution in [0.2, 0.25) is 0 Å². The molecule has 0 amide bonds. The molecule has 0 aliphatic heterocycles. The monoisotopic (exact) mass is 365 g/mol. The van der Waals surface area contributed by atoms with Crippen LogP contribution in [-0.2, 0) is 16.1 Å². The normalized spacial score (nSPS) is 12.0. The van der Waals surface area contributed by atoms with E-state index in [1.807, 2.05) is 0 Å². The Labute approximate surface area is 145 Å². The number of aromatic hydroxyl groups is 2. The summed E-state index contributed by atoms with van der Waals surface area (Å²) in [7, 11) is -1.76. The van der Waals surface area contributed by atoms with Crippen LogP contribution in [0.5, 0.6) is 11.5 Å². The number of rotatable bonds is 4. The van der Waals surface area contributed by atoms with Gasteiger partial charge in [-0.2, -0.15) is 0 Å². The Morgan fingerprint density at radius 3 is 2.40 bits per heavy atom. The number of benzene rings is 2. The summed E-state index contributed by atoms with van der Waals surface area (Å²) in [5.74, 6) is -1.49. The van der Waals surface area contributed by atoms with Crippen molar-refractivity contribution in [3.05, 3.63) is 33.9 Å². The van der Waals surface area contributed by atoms with Gasteiger partial charge in [-0.05, 0) is 38.3 Å². The van der Waals surface area contributed by atoms with Crippen LogP contribution in [0.3, 0.4) is 0 Å². The maximum Gasteiger partial charge on any atom is 0.311 e. The van der Waals surface area contributed by atoms with Gasteiger partial charge in [0.2, 0.25) is 0 Å². The second-order valence-electron chi connectivity index (χ2n) is 6.68. The van der Waals surface area contributed by atoms with E-state index in [0.29, 0.717) is 5.39 Å². The molecule has 3 N–H and O–H groups in total. The van der Waals surface area contributed by atoms with E-state index < -0.39 is 37.6 Å². The third-order valence-corrected chi connectivity index (χ3v) is 4.58. The summed E-state index contributed by atoms with van der Waals surface area (Å²) in [6, 6.07) is 4.00. The zero-order valence-corrected chi connectivity index (χ0v) is 15.5. The first-order valence-electron chi connectivity index (χ1n) is 7.49. The van der Waals surface area contributed by atoms with E-state index >= 15 is 0 Å². The first-order chi connectivity index (χ1) is 11.6. The first-order valence-corrected chi connectivity index (χ1v) is 8.83. The van der Waals surface area contributed by atoms with E-state index in [1.54, 1.807) is 20.8 Å². The number of hydrogen-bond acceptors (Lipinski definition) is 7. The van der Waals surface area contributed by atoms with Crippen molar-refractivity contribution in [3.8, 4) is 11.5 Å². The van der Waals surface area contributed by atoms with Crippen LogP contribution in [0.25, 0.3) is 10.8 Å². The molecule has 0 aromatic heterocycles. The van der Waals surface area contributed by atoms with Crippen LogP contribution in [0.4, 0.5) is 5.69 Å². The number of phenolic OH excluding ortho intramolecular Hbond substituents is 2. The lowest BCUT2D eigenvalue weighted by Crippen LogP contribution is -2.22. The third-order valence-electron chi connectivity index (χ3n) is 3.70. The van der Waals surface area contributed by atoms with E-state index in [2.05, 4.69) is 0 Å². The molecule has 9 heteroatoms. The highest BCUT2D eigenvalue weighted by molar-refractivity contribution is 6.47. The van der Waals surface area contributed by atoms with Gasteiger partial charge in [-0.1, -0.05) is 0 Å². The number of fused-ring (bicyclic) bond motifs is 1. The maximum atomic E-state index is 11.9. The summed E-state index contributed by atoms with van der Waals surface area (Å²) >= 11 is 0. The van der Waals surface area contributed by atoms with Gasteiger partial charge in [-0.25, -0.2) is 0 Å². The highest BCUT2D eigenvalue weighted by Crippen LogP contribution is 2.36. The molecule has 2 rings (SSSR count). The van der Waals surface area contributed by atoms with Crippen molar-refractivity contribution in [2.75, 3.05) is 0 Å². The minimum Gasteiger partial charge on any atom is -0.504 e. The molecule has 0 saturated heterocycles. The Hall–Kier alpha value is -2.65. The maximum absolute atomic E-state index is 11.9. The molecule has 2 aromatic carbocycles. The van der Waals surface area contributed by atoms with Gasteiger partial charge in [0.25, 0.3) is 5.69 Å². The van der Waals surface area contributed by atoms with Crippen molar-refractivity contribution in [3.63, 3.8) is 0 Å². The van der Waals surface area contributed by atoms with Crippen molar-refractivity contribution in [2.24, 2.45) is 5.41 Å². The molecule has 0 aliphatic carbocycles. The first kappa shape index (κ1) is 18.7. The summed E-state index contributed by atoms with van der Waals surface area (Å²) in [5.41, 5.74) is -0.922. The summed E-state index contributed by atoms with van der Waals surface area (Å²) in [4.78, 5) is 31.9. The number of nitro groups is 1. The molecule has 0 atom stereocenters. The van der Waals surface area contributed by atoms with Crippen molar-refractivity contribution in [2.45, 2.75) is 27.4 Å². The van der Waals surface area contributed by atoms with E-state index in [-0.39, 0.29) is 28.4 Å². The molecule has 0 radical (unpaired) electrons. The average Bonchev–Trinajstić information content (AvgIpc) is 2.54. The zero-order chi connectivity index (χ0) is 18.9. The molecular formula is C16H19NO7Si. The predicted octanol–water partition coefficient (Wildman–Crippen LogP) is 0.950. The molecule has 0 unspecified atom stereocenters. The summed E-state index contributed by atoms with van der Waals surface area (Å²) < 4.78 is 5.15. The smallest absolute Gasteiger partial charge is 0.311 e. The Kier molecular flexibility index (Phi) is 5.00. The highest BCUT2D eigenvalue weighted by Gasteiger charge is 2.25. The zero-order valence-electron chi connectivity index (χ0n) is 14.1. The molecule has 0 bridgehead atoms. The van der Waals surface area contributed by atoms with Crippen LogP contribution < -0.4 is 5.19 Å². The van der Waals surface area contributed by atoms with Crippen LogP contribution in [0.15, 0.2) is 18.2 Å². The number of phenols is 2. The number of carbonyl (C=O) groups excluding carboxylic acids is 1. The quantitative estimate of drug-likeness (QED) is 0.242. The van der Waals surface area contributed by atoms with Crippen LogP contribution in [0.1, 0.15) is 26.3 Å². The van der Waals surface area contributed by atoms with Crippen molar-refractivity contribution in [1.29, 1.82) is 0 Å². The standard InChI is InChI=1S/C16H19NO7Si/c1-16(2,3)15(20)24-7-9-4-8-5-12(25-23)14(19)13(18)10(8)6-11(9)17(21)22/h4-6,18-19,23H,7,25H2,1-3H3. The average molecular weight is 365 g/mol. The lowest BCUT2D eigenvalue weighted by Gasteiger charge is -2.17. The second kappa shape index (κ2) is 6.69. The van der Waals surface area contributed by atoms with Crippen molar-refractivity contribution < 1.29 is 29.5 Å². The minimum absolute atomic E-state index is 0.0845. The molecule has 134 valence electrons. The number of hydrogen-bond donors (Lipinski definition) is 3. The fourth-order valence-electron chi connectivity index (χ4n) is 2.28. The van der Waals surface area contributed by atoms with Crippen LogP contribution >= 0.6 is 0 Å². The van der Waals surface area contributed by atoms with E-state index in [1.165, 1.54) is 12.1 Å². The van der Waals surface area contributed by atoms with Gasteiger partial charge in [-0.15, -0.1) is 0 Å². The molecule has 0 heterocycles. The number of ether oxygens (including phenoxy) is 1. The molecule has 25 heavy (non-hydrogen) atoms. The van der Waals surface area contributed by atoms with Gasteiger partial charge in [0.1, 0.15) is 6.61 Å². The molecule has 0 spiro atoms. The minimum atomic E-state index is -1.76. The van der Waals surface area contributed by atoms with E-state index in [4.69, 9.17) is 4.74 Å². The summed E-state index contributed by atoms with van der Waals surface area (Å²) in [6.07, 6.45) is 0. The van der Waals surface area contributed by atoms with Crippen LogP contribution in [-0.4, -0.2) is 35.7 Å². The summed E-state index contributed by atoms with van der Waals surface area (Å²) in [5, 5.41) is 31.9. The van der Waals surface area contributed by atoms with Gasteiger partial charge >= 0.3 is 5.97 Å². The fourth-order valence-corrected chi connectivity index (χ4v) is 2.91. The number of carbonyl (C=O) groups is 1. The lowest BCUT2D eigenvalue weighted by molar-refractivity contribution is -0.385. The lowest BCUT2D eigenvalue weighted by atomic mass is 9.97. The fraction of sp³-hybridized carbons (Fsp3) is 0.312. The van der Waals surface area contributed by atoms with Gasteiger partial charge in [0, 0.05) is 16.6 Å². The molecule has 2 aromatic rings. The Morgan fingerprint density at radius 1 is 1.24 bits per heavy atom. The number of nitrogens with zero attached hydrogens (tertiary/aromatic N) is 1. The molecule has 0 saturated carbocycles. The molecule has 0 fully saturated rings. The Morgan fingerprint density at radius 2 is 1.88 bits per heavy atom. The molecular weight excluding hydrogens is 346 g/mol. The van der Waals surface area contributed by atoms with Crippen LogP contribution in [0, 0.1) is 15.5 Å². The van der Waals surface area contributed by atoms with Gasteiger partial charge in [-0.3, -0.25) is 14.9 Å². The number of nitro benzene ring substituents is 1. The topological polar surface area (TPSA) is 130 Å². The van der Waals surface area contributed by atoms with E-state index in [9.17, 15) is 29.9 Å². The second-order valence-corrected chi connectivity index (χ2v) is 7.75. The SMILES string of the molecule is CC(C)(C)C(=O)OCc1cc2cc([SiH2]O)c(O)c(O)c2cc1[N+](=O)[O-]. The Balaban J connectivity index is 2.55. The molecule has 8 nitrogen and oxygen atoms in total. The number of esters is 1. The molecule has 0 aliphatic rings. The predicted molar refractivity (Wildman–Crippen MR) is 93.6 cm³/mol. The van der Waals surface area contributed by atoms with Gasteiger partial charge < -0.3 is 19.7 Å². The highest BCUT2D eigenvalue weighted by atomic mass is 28.2.